The molecule has 23 heavy (non-hydrogen) atoms. The second kappa shape index (κ2) is 7.75. The first-order chi connectivity index (χ1) is 10.8. The maximum atomic E-state index is 12.0. The van der Waals surface area contributed by atoms with Crippen molar-refractivity contribution in [3.05, 3.63) is 0 Å². The molecule has 3 amide bonds. The number of hydrogen-bond donors (Lipinski definition) is 2. The van der Waals surface area contributed by atoms with Gasteiger partial charge in [-0.2, -0.15) is 0 Å². The SMILES string of the molecule is C[C@@H]1CCCC[C@H]1NC(=O)NC(=O)CN1CC[S@@](=O)C(C)(C)C1. The molecule has 132 valence electrons. The number of nitrogens with one attached hydrogen (secondary N) is 2. The maximum Gasteiger partial charge on any atom is 0.321 e. The fourth-order valence-corrected chi connectivity index (χ4v) is 4.72. The lowest BCUT2D eigenvalue weighted by Gasteiger charge is -2.36. The molecular weight excluding hydrogens is 314 g/mol. The molecular formula is C16H29N3O3S. The Morgan fingerprint density at radius 2 is 1.96 bits per heavy atom. The van der Waals surface area contributed by atoms with Gasteiger partial charge in [-0.05, 0) is 32.6 Å². The zero-order chi connectivity index (χ0) is 17.0. The van der Waals surface area contributed by atoms with Crippen molar-refractivity contribution in [2.45, 2.75) is 57.2 Å². The summed E-state index contributed by atoms with van der Waals surface area (Å²) in [7, 11) is -0.859. The molecule has 2 fully saturated rings. The van der Waals surface area contributed by atoms with Gasteiger partial charge in [0.05, 0.1) is 11.3 Å². The average molecular weight is 343 g/mol. The van der Waals surface area contributed by atoms with Crippen molar-refractivity contribution < 1.29 is 13.8 Å². The zero-order valence-electron chi connectivity index (χ0n) is 14.4. The van der Waals surface area contributed by atoms with Crippen molar-refractivity contribution >= 4 is 22.7 Å². The van der Waals surface area contributed by atoms with Gasteiger partial charge < -0.3 is 5.32 Å². The van der Waals surface area contributed by atoms with E-state index in [1.807, 2.05) is 18.7 Å². The van der Waals surface area contributed by atoms with E-state index in [4.69, 9.17) is 0 Å². The number of nitrogens with zero attached hydrogens (tertiary/aromatic N) is 1. The van der Waals surface area contributed by atoms with Gasteiger partial charge in [0.15, 0.2) is 0 Å². The summed E-state index contributed by atoms with van der Waals surface area (Å²) in [4.78, 5) is 26.0. The maximum absolute atomic E-state index is 12.0. The molecule has 0 aromatic heterocycles. The Balaban J connectivity index is 1.76. The van der Waals surface area contributed by atoms with Gasteiger partial charge >= 0.3 is 6.03 Å². The minimum atomic E-state index is -0.859. The fourth-order valence-electron chi connectivity index (χ4n) is 3.42. The quantitative estimate of drug-likeness (QED) is 0.808. The van der Waals surface area contributed by atoms with Gasteiger partial charge in [-0.25, -0.2) is 4.79 Å². The molecule has 7 heteroatoms. The molecule has 3 atom stereocenters. The van der Waals surface area contributed by atoms with Crippen molar-refractivity contribution in [3.8, 4) is 0 Å². The van der Waals surface area contributed by atoms with Gasteiger partial charge in [0.2, 0.25) is 5.91 Å². The first kappa shape index (κ1) is 18.4. The Labute approximate surface area is 141 Å². The van der Waals surface area contributed by atoms with Crippen LogP contribution < -0.4 is 10.6 Å². The second-order valence-corrected chi connectivity index (χ2v) is 9.61. The number of imide groups is 1. The molecule has 0 radical (unpaired) electrons. The topological polar surface area (TPSA) is 78.5 Å². The van der Waals surface area contributed by atoms with E-state index in [2.05, 4.69) is 17.6 Å². The molecule has 2 N–H and O–H groups in total. The summed E-state index contributed by atoms with van der Waals surface area (Å²) >= 11 is 0. The Morgan fingerprint density at radius 3 is 2.61 bits per heavy atom. The molecule has 0 aromatic rings. The molecule has 0 aromatic carbocycles. The van der Waals surface area contributed by atoms with Crippen molar-refractivity contribution in [3.63, 3.8) is 0 Å². The molecule has 1 aliphatic heterocycles. The third-order valence-corrected chi connectivity index (χ3v) is 6.78. The number of carbonyl (C=O) groups is 2. The highest BCUT2D eigenvalue weighted by molar-refractivity contribution is 7.86. The molecule has 2 rings (SSSR count). The molecule has 0 spiro atoms. The fraction of sp³-hybridized carbons (Fsp3) is 0.875. The molecule has 2 aliphatic rings. The summed E-state index contributed by atoms with van der Waals surface area (Å²) in [5.41, 5.74) is 0. The van der Waals surface area contributed by atoms with E-state index in [0.717, 1.165) is 19.3 Å². The van der Waals surface area contributed by atoms with Gasteiger partial charge in [0.1, 0.15) is 0 Å². The van der Waals surface area contributed by atoms with E-state index in [1.165, 1.54) is 6.42 Å². The predicted octanol–water partition coefficient (Wildman–Crippen LogP) is 1.23. The zero-order valence-corrected chi connectivity index (χ0v) is 15.2. The lowest BCUT2D eigenvalue weighted by molar-refractivity contribution is -0.121. The normalized spacial score (nSPS) is 31.3. The van der Waals surface area contributed by atoms with Gasteiger partial charge in [-0.1, -0.05) is 19.8 Å². The lowest BCUT2D eigenvalue weighted by atomic mass is 9.86. The second-order valence-electron chi connectivity index (χ2n) is 7.41. The van der Waals surface area contributed by atoms with Gasteiger partial charge in [-0.3, -0.25) is 19.2 Å². The predicted molar refractivity (Wildman–Crippen MR) is 91.6 cm³/mol. The van der Waals surface area contributed by atoms with Crippen LogP contribution in [0.1, 0.15) is 46.5 Å². The summed E-state index contributed by atoms with van der Waals surface area (Å²) in [6, 6.07) is -0.235. The monoisotopic (exact) mass is 343 g/mol. The van der Waals surface area contributed by atoms with Crippen LogP contribution in [-0.2, 0) is 15.6 Å². The molecule has 1 aliphatic carbocycles. The van der Waals surface area contributed by atoms with E-state index < -0.39 is 16.8 Å². The Kier molecular flexibility index (Phi) is 6.19. The van der Waals surface area contributed by atoms with Gasteiger partial charge in [0.25, 0.3) is 0 Å². The van der Waals surface area contributed by atoms with Gasteiger partial charge in [0, 0.05) is 35.7 Å². The highest BCUT2D eigenvalue weighted by Crippen LogP contribution is 2.23. The van der Waals surface area contributed by atoms with Gasteiger partial charge in [-0.15, -0.1) is 0 Å². The van der Waals surface area contributed by atoms with Crippen LogP contribution in [0.25, 0.3) is 0 Å². The summed E-state index contributed by atoms with van der Waals surface area (Å²) in [5, 5.41) is 5.35. The van der Waals surface area contributed by atoms with Crippen LogP contribution in [0, 0.1) is 5.92 Å². The van der Waals surface area contributed by atoms with Crippen LogP contribution >= 0.6 is 0 Å². The van der Waals surface area contributed by atoms with Crippen molar-refractivity contribution in [1.82, 2.24) is 15.5 Å². The van der Waals surface area contributed by atoms with Crippen LogP contribution in [0.15, 0.2) is 0 Å². The highest BCUT2D eigenvalue weighted by atomic mass is 32.2. The average Bonchev–Trinajstić information content (AvgIpc) is 2.45. The Bertz CT molecular complexity index is 481. The largest absolute Gasteiger partial charge is 0.335 e. The van der Waals surface area contributed by atoms with Crippen molar-refractivity contribution in [1.29, 1.82) is 0 Å². The Morgan fingerprint density at radius 1 is 1.26 bits per heavy atom. The standard InChI is InChI=1S/C16H29N3O3S/c1-12-6-4-5-7-13(12)17-15(21)18-14(20)10-19-8-9-23(22)16(2,3)11-19/h12-13H,4-11H2,1-3H3,(H2,17,18,20,21)/t12-,13-,23-/m1/s1. The van der Waals surface area contributed by atoms with E-state index in [-0.39, 0.29) is 23.2 Å². The molecule has 1 saturated heterocycles. The van der Waals surface area contributed by atoms with E-state index in [0.29, 0.717) is 24.8 Å². The smallest absolute Gasteiger partial charge is 0.321 e. The highest BCUT2D eigenvalue weighted by Gasteiger charge is 2.34. The molecule has 0 bridgehead atoms. The molecule has 6 nitrogen and oxygen atoms in total. The number of hydrogen-bond acceptors (Lipinski definition) is 4. The molecule has 0 unspecified atom stereocenters. The molecule has 1 heterocycles. The Hall–Kier alpha value is -0.950. The summed E-state index contributed by atoms with van der Waals surface area (Å²) in [6.45, 7) is 7.45. The minimum absolute atomic E-state index is 0.160. The first-order valence-electron chi connectivity index (χ1n) is 8.49. The molecule has 1 saturated carbocycles. The number of carbonyl (C=O) groups excluding carboxylic acids is 2. The van der Waals surface area contributed by atoms with Crippen LogP contribution in [0.4, 0.5) is 4.79 Å². The number of urea groups is 1. The summed E-state index contributed by atoms with van der Waals surface area (Å²) in [6.07, 6.45) is 4.45. The number of rotatable bonds is 3. The van der Waals surface area contributed by atoms with Crippen molar-refractivity contribution in [2.24, 2.45) is 5.92 Å². The van der Waals surface area contributed by atoms with Crippen LogP contribution in [0.2, 0.25) is 0 Å². The van der Waals surface area contributed by atoms with Crippen LogP contribution in [0.3, 0.4) is 0 Å². The summed E-state index contributed by atoms with van der Waals surface area (Å²) < 4.78 is 11.6. The van der Waals surface area contributed by atoms with E-state index >= 15 is 0 Å². The van der Waals surface area contributed by atoms with E-state index in [1.54, 1.807) is 0 Å². The summed E-state index contributed by atoms with van der Waals surface area (Å²) in [5.74, 6) is 0.739. The van der Waals surface area contributed by atoms with Crippen LogP contribution in [0.5, 0.6) is 0 Å². The van der Waals surface area contributed by atoms with Crippen LogP contribution in [-0.4, -0.2) is 57.2 Å². The van der Waals surface area contributed by atoms with Crippen molar-refractivity contribution in [2.75, 3.05) is 25.4 Å². The first-order valence-corrected chi connectivity index (χ1v) is 9.81. The van der Waals surface area contributed by atoms with E-state index in [9.17, 15) is 13.8 Å². The minimum Gasteiger partial charge on any atom is -0.335 e. The third kappa shape index (κ3) is 5.28. The third-order valence-electron chi connectivity index (χ3n) is 4.86. The lowest BCUT2D eigenvalue weighted by Crippen LogP contribution is -2.54. The number of amides is 3.